The van der Waals surface area contributed by atoms with Crippen LogP contribution in [0.3, 0.4) is 0 Å². The van der Waals surface area contributed by atoms with Gasteiger partial charge in [0.25, 0.3) is 5.91 Å². The van der Waals surface area contributed by atoms with Gasteiger partial charge in [-0.3, -0.25) is 9.69 Å². The summed E-state index contributed by atoms with van der Waals surface area (Å²) >= 11 is 7.83. The standard InChI is InChI=1S/C27H32ClN3O2S/c1-4-19(3)33-24-14-9-20(17-23(24)28)18-25-26(32)31(5-2)27(34-25)29-21-10-12-22(13-11-21)30-15-7-6-8-16-30/h9-14,17-19H,4-8,15-16H2,1-3H3/b25-18-,29-27?/t19-/m0/s1. The fraction of sp³-hybridized carbons (Fsp3) is 0.407. The number of nitrogens with zero attached hydrogens (tertiary/aromatic N) is 3. The van der Waals surface area contributed by atoms with Gasteiger partial charge in [-0.15, -0.1) is 0 Å². The minimum atomic E-state index is -0.0350. The number of rotatable bonds is 7. The summed E-state index contributed by atoms with van der Waals surface area (Å²) in [6, 6.07) is 14.0. The lowest BCUT2D eigenvalue weighted by molar-refractivity contribution is -0.122. The minimum absolute atomic E-state index is 0.0350. The van der Waals surface area contributed by atoms with Gasteiger partial charge >= 0.3 is 0 Å². The highest BCUT2D eigenvalue weighted by molar-refractivity contribution is 8.18. The molecule has 5 nitrogen and oxygen atoms in total. The van der Waals surface area contributed by atoms with Crippen LogP contribution in [0.5, 0.6) is 5.75 Å². The largest absolute Gasteiger partial charge is 0.489 e. The molecule has 0 aliphatic carbocycles. The maximum absolute atomic E-state index is 13.0. The van der Waals surface area contributed by atoms with Crippen LogP contribution >= 0.6 is 23.4 Å². The Morgan fingerprint density at radius 3 is 2.50 bits per heavy atom. The first-order valence-electron chi connectivity index (χ1n) is 12.1. The molecule has 180 valence electrons. The number of hydrogen-bond donors (Lipinski definition) is 0. The monoisotopic (exact) mass is 497 g/mol. The predicted molar refractivity (Wildman–Crippen MR) is 144 cm³/mol. The summed E-state index contributed by atoms with van der Waals surface area (Å²) in [6.07, 6.45) is 6.70. The molecule has 2 saturated heterocycles. The van der Waals surface area contributed by atoms with Crippen LogP contribution in [-0.4, -0.2) is 41.7 Å². The average molecular weight is 498 g/mol. The number of benzene rings is 2. The lowest BCUT2D eigenvalue weighted by atomic mass is 10.1. The minimum Gasteiger partial charge on any atom is -0.489 e. The van der Waals surface area contributed by atoms with E-state index in [9.17, 15) is 4.79 Å². The van der Waals surface area contributed by atoms with Gasteiger partial charge in [-0.05, 0) is 99.3 Å². The number of halogens is 1. The molecule has 0 saturated carbocycles. The Balaban J connectivity index is 1.51. The topological polar surface area (TPSA) is 45.1 Å². The van der Waals surface area contributed by atoms with E-state index in [-0.39, 0.29) is 12.0 Å². The molecule has 4 rings (SSSR count). The van der Waals surface area contributed by atoms with Crippen LogP contribution in [0.2, 0.25) is 5.02 Å². The fourth-order valence-electron chi connectivity index (χ4n) is 4.02. The second-order valence-electron chi connectivity index (χ2n) is 8.65. The molecular formula is C27H32ClN3O2S. The van der Waals surface area contributed by atoms with Crippen molar-refractivity contribution in [3.05, 3.63) is 58.0 Å². The van der Waals surface area contributed by atoms with Gasteiger partial charge in [0.2, 0.25) is 0 Å². The Hall–Kier alpha value is -2.44. The number of carbonyl (C=O) groups is 1. The number of ether oxygens (including phenoxy) is 1. The first kappa shape index (κ1) is 24.7. The number of anilines is 1. The quantitative estimate of drug-likeness (QED) is 0.381. The number of amidine groups is 1. The maximum atomic E-state index is 13.0. The zero-order valence-electron chi connectivity index (χ0n) is 20.1. The van der Waals surface area contributed by atoms with Crippen molar-refractivity contribution in [2.75, 3.05) is 24.5 Å². The van der Waals surface area contributed by atoms with Crippen LogP contribution in [0.1, 0.15) is 52.0 Å². The predicted octanol–water partition coefficient (Wildman–Crippen LogP) is 7.13. The van der Waals surface area contributed by atoms with E-state index in [1.54, 1.807) is 4.90 Å². The molecule has 2 aliphatic rings. The lowest BCUT2D eigenvalue weighted by Gasteiger charge is -2.28. The van der Waals surface area contributed by atoms with Crippen LogP contribution in [0.4, 0.5) is 11.4 Å². The van der Waals surface area contributed by atoms with Gasteiger partial charge in [-0.25, -0.2) is 4.99 Å². The van der Waals surface area contributed by atoms with Gasteiger partial charge in [0.05, 0.1) is 21.7 Å². The molecule has 7 heteroatoms. The maximum Gasteiger partial charge on any atom is 0.266 e. The molecule has 0 aromatic heterocycles. The Kier molecular flexibility index (Phi) is 8.22. The van der Waals surface area contributed by atoms with Crippen LogP contribution in [0, 0.1) is 0 Å². The molecule has 2 fully saturated rings. The fourth-order valence-corrected chi connectivity index (χ4v) is 5.32. The smallest absolute Gasteiger partial charge is 0.266 e. The summed E-state index contributed by atoms with van der Waals surface area (Å²) in [5.41, 5.74) is 2.95. The average Bonchev–Trinajstić information content (AvgIpc) is 3.15. The molecule has 2 aliphatic heterocycles. The third-order valence-corrected chi connectivity index (χ3v) is 7.46. The number of likely N-dealkylation sites (N-methyl/N-ethyl adjacent to an activating group) is 1. The van der Waals surface area contributed by atoms with E-state index in [2.05, 4.69) is 24.0 Å². The van der Waals surface area contributed by atoms with Crippen molar-refractivity contribution in [2.24, 2.45) is 4.99 Å². The molecule has 0 spiro atoms. The molecule has 0 unspecified atom stereocenters. The van der Waals surface area contributed by atoms with Crippen LogP contribution in [0.15, 0.2) is 52.4 Å². The highest BCUT2D eigenvalue weighted by atomic mass is 35.5. The first-order valence-corrected chi connectivity index (χ1v) is 13.3. The van der Waals surface area contributed by atoms with E-state index in [1.165, 1.54) is 36.7 Å². The van der Waals surface area contributed by atoms with Crippen LogP contribution in [-0.2, 0) is 4.79 Å². The van der Waals surface area contributed by atoms with E-state index in [4.69, 9.17) is 21.3 Å². The highest BCUT2D eigenvalue weighted by Crippen LogP contribution is 2.35. The number of piperidine rings is 1. The van der Waals surface area contributed by atoms with Gasteiger partial charge in [0.15, 0.2) is 5.17 Å². The molecule has 2 aromatic rings. The number of thioether (sulfide) groups is 1. The van der Waals surface area contributed by atoms with Gasteiger partial charge in [-0.2, -0.15) is 0 Å². The van der Waals surface area contributed by atoms with E-state index in [1.807, 2.05) is 50.3 Å². The van der Waals surface area contributed by atoms with Crippen molar-refractivity contribution >= 4 is 51.9 Å². The zero-order valence-corrected chi connectivity index (χ0v) is 21.7. The van der Waals surface area contributed by atoms with E-state index in [0.29, 0.717) is 27.4 Å². The third kappa shape index (κ3) is 5.78. The molecule has 2 heterocycles. The first-order chi connectivity index (χ1) is 16.5. The molecular weight excluding hydrogens is 466 g/mol. The Labute approximate surface area is 211 Å². The van der Waals surface area contributed by atoms with Gasteiger partial charge < -0.3 is 9.64 Å². The second-order valence-corrected chi connectivity index (χ2v) is 10.1. The normalized spacial score (nSPS) is 19.8. The van der Waals surface area contributed by atoms with Gasteiger partial charge in [0.1, 0.15) is 5.75 Å². The molecule has 0 N–H and O–H groups in total. The lowest BCUT2D eigenvalue weighted by Crippen LogP contribution is -2.29. The summed E-state index contributed by atoms with van der Waals surface area (Å²) < 4.78 is 5.85. The molecule has 34 heavy (non-hydrogen) atoms. The van der Waals surface area contributed by atoms with Gasteiger partial charge in [-0.1, -0.05) is 24.6 Å². The van der Waals surface area contributed by atoms with E-state index >= 15 is 0 Å². The molecule has 0 radical (unpaired) electrons. The van der Waals surface area contributed by atoms with Gasteiger partial charge in [0, 0.05) is 25.3 Å². The Morgan fingerprint density at radius 1 is 1.12 bits per heavy atom. The van der Waals surface area contributed by atoms with Crippen molar-refractivity contribution in [1.29, 1.82) is 0 Å². The van der Waals surface area contributed by atoms with Crippen LogP contribution < -0.4 is 9.64 Å². The van der Waals surface area contributed by atoms with E-state index < -0.39 is 0 Å². The van der Waals surface area contributed by atoms with Crippen molar-refractivity contribution in [1.82, 2.24) is 4.90 Å². The van der Waals surface area contributed by atoms with Crippen molar-refractivity contribution < 1.29 is 9.53 Å². The Morgan fingerprint density at radius 2 is 1.85 bits per heavy atom. The van der Waals surface area contributed by atoms with Crippen molar-refractivity contribution in [3.8, 4) is 5.75 Å². The van der Waals surface area contributed by atoms with Crippen LogP contribution in [0.25, 0.3) is 6.08 Å². The molecule has 1 amide bonds. The number of hydrogen-bond acceptors (Lipinski definition) is 5. The zero-order chi connectivity index (χ0) is 24.1. The number of carbonyl (C=O) groups excluding carboxylic acids is 1. The SMILES string of the molecule is CC[C@H](C)Oc1ccc(/C=C2\SC(=Nc3ccc(N4CCCCC4)cc3)N(CC)C2=O)cc1Cl. The molecule has 1 atom stereocenters. The summed E-state index contributed by atoms with van der Waals surface area (Å²) in [5, 5.41) is 1.24. The van der Waals surface area contributed by atoms with E-state index in [0.717, 1.165) is 30.8 Å². The number of amides is 1. The third-order valence-electron chi connectivity index (χ3n) is 6.16. The number of aliphatic imine (C=N–C) groups is 1. The Bertz CT molecular complexity index is 1080. The molecule has 2 aromatic carbocycles. The second kappa shape index (κ2) is 11.3. The summed E-state index contributed by atoms with van der Waals surface area (Å²) in [4.78, 5) is 22.6. The molecule has 0 bridgehead atoms. The summed E-state index contributed by atoms with van der Waals surface area (Å²) in [7, 11) is 0. The van der Waals surface area contributed by atoms with Crippen molar-refractivity contribution in [2.45, 2.75) is 52.6 Å². The summed E-state index contributed by atoms with van der Waals surface area (Å²) in [5.74, 6) is 0.626. The summed E-state index contributed by atoms with van der Waals surface area (Å²) in [6.45, 7) is 8.85. The highest BCUT2D eigenvalue weighted by Gasteiger charge is 2.32. The van der Waals surface area contributed by atoms with Crippen molar-refractivity contribution in [3.63, 3.8) is 0 Å².